The summed E-state index contributed by atoms with van der Waals surface area (Å²) in [5, 5.41) is 2.71. The van der Waals surface area contributed by atoms with Crippen molar-refractivity contribution >= 4 is 10.8 Å². The standard InChI is InChI=1S/C14H12O/c1-2-4-10-6-12-8-14-13(15-14)7-11(12)5-9(10)3-1/h1-6,13-14H,7-8H2/t13-,14-/m1/s1. The minimum absolute atomic E-state index is 0.527. The Hall–Kier alpha value is -1.34. The topological polar surface area (TPSA) is 12.5 Å². The van der Waals surface area contributed by atoms with Crippen molar-refractivity contribution in [3.8, 4) is 0 Å². The number of benzene rings is 2. The maximum Gasteiger partial charge on any atom is 0.0885 e. The molecule has 4 rings (SSSR count). The van der Waals surface area contributed by atoms with Crippen molar-refractivity contribution in [2.45, 2.75) is 25.0 Å². The van der Waals surface area contributed by atoms with Crippen LogP contribution in [-0.2, 0) is 17.6 Å². The summed E-state index contributed by atoms with van der Waals surface area (Å²) in [6.07, 6.45) is 3.28. The van der Waals surface area contributed by atoms with Crippen LogP contribution in [0.2, 0.25) is 0 Å². The van der Waals surface area contributed by atoms with E-state index in [9.17, 15) is 0 Å². The Labute approximate surface area is 88.7 Å². The Morgan fingerprint density at radius 2 is 1.40 bits per heavy atom. The van der Waals surface area contributed by atoms with Crippen LogP contribution >= 0.6 is 0 Å². The quantitative estimate of drug-likeness (QED) is 0.590. The fourth-order valence-electron chi connectivity index (χ4n) is 2.69. The van der Waals surface area contributed by atoms with E-state index in [1.165, 1.54) is 21.9 Å². The average Bonchev–Trinajstić information content (AvgIpc) is 3.00. The minimum Gasteiger partial charge on any atom is -0.369 e. The minimum atomic E-state index is 0.527. The molecular weight excluding hydrogens is 184 g/mol. The van der Waals surface area contributed by atoms with Crippen molar-refractivity contribution in [3.63, 3.8) is 0 Å². The van der Waals surface area contributed by atoms with Gasteiger partial charge in [-0.3, -0.25) is 0 Å². The van der Waals surface area contributed by atoms with Crippen LogP contribution in [0.25, 0.3) is 10.8 Å². The highest BCUT2D eigenvalue weighted by Crippen LogP contribution is 2.37. The van der Waals surface area contributed by atoms with Crippen LogP contribution in [0.1, 0.15) is 11.1 Å². The molecule has 0 N–H and O–H groups in total. The van der Waals surface area contributed by atoms with E-state index in [1.807, 2.05) is 0 Å². The second-order valence-corrected chi connectivity index (χ2v) is 4.59. The molecule has 2 aromatic carbocycles. The van der Waals surface area contributed by atoms with Crippen LogP contribution in [0.15, 0.2) is 36.4 Å². The van der Waals surface area contributed by atoms with Gasteiger partial charge in [0.05, 0.1) is 12.2 Å². The molecule has 1 heterocycles. The van der Waals surface area contributed by atoms with Gasteiger partial charge in [-0.25, -0.2) is 0 Å². The van der Waals surface area contributed by atoms with E-state index < -0.39 is 0 Å². The Bertz CT molecular complexity index is 496. The van der Waals surface area contributed by atoms with Crippen LogP contribution in [-0.4, -0.2) is 12.2 Å². The maximum absolute atomic E-state index is 5.59. The van der Waals surface area contributed by atoms with E-state index in [4.69, 9.17) is 4.74 Å². The lowest BCUT2D eigenvalue weighted by Crippen LogP contribution is -2.11. The average molecular weight is 196 g/mol. The van der Waals surface area contributed by atoms with Crippen molar-refractivity contribution in [3.05, 3.63) is 47.5 Å². The van der Waals surface area contributed by atoms with Crippen molar-refractivity contribution in [2.75, 3.05) is 0 Å². The molecule has 15 heavy (non-hydrogen) atoms. The van der Waals surface area contributed by atoms with E-state index in [1.54, 1.807) is 0 Å². The van der Waals surface area contributed by atoms with Gasteiger partial charge >= 0.3 is 0 Å². The predicted octanol–water partition coefficient (Wildman–Crippen LogP) is 2.71. The zero-order valence-electron chi connectivity index (χ0n) is 8.44. The fraction of sp³-hybridized carbons (Fsp3) is 0.286. The van der Waals surface area contributed by atoms with Crippen LogP contribution < -0.4 is 0 Å². The predicted molar refractivity (Wildman–Crippen MR) is 60.0 cm³/mol. The van der Waals surface area contributed by atoms with Gasteiger partial charge in [0, 0.05) is 12.8 Å². The van der Waals surface area contributed by atoms with Gasteiger partial charge < -0.3 is 4.74 Å². The lowest BCUT2D eigenvalue weighted by atomic mass is 9.89. The molecular formula is C14H12O. The van der Waals surface area contributed by atoms with Gasteiger partial charge in [0.2, 0.25) is 0 Å². The summed E-state index contributed by atoms with van der Waals surface area (Å²) in [5.41, 5.74) is 2.99. The first kappa shape index (κ1) is 7.89. The molecule has 1 saturated heterocycles. The van der Waals surface area contributed by atoms with Gasteiger partial charge in [-0.2, -0.15) is 0 Å². The number of fused-ring (bicyclic) bond motifs is 3. The van der Waals surface area contributed by atoms with E-state index in [-0.39, 0.29) is 0 Å². The summed E-state index contributed by atoms with van der Waals surface area (Å²) >= 11 is 0. The molecule has 0 saturated carbocycles. The smallest absolute Gasteiger partial charge is 0.0885 e. The second-order valence-electron chi connectivity index (χ2n) is 4.59. The highest BCUT2D eigenvalue weighted by Gasteiger charge is 2.42. The summed E-state index contributed by atoms with van der Waals surface area (Å²) in [6.45, 7) is 0. The number of hydrogen-bond donors (Lipinski definition) is 0. The largest absolute Gasteiger partial charge is 0.369 e. The first-order valence-corrected chi connectivity index (χ1v) is 5.56. The molecule has 0 spiro atoms. The molecule has 1 fully saturated rings. The third kappa shape index (κ3) is 1.13. The van der Waals surface area contributed by atoms with Crippen molar-refractivity contribution in [2.24, 2.45) is 0 Å². The van der Waals surface area contributed by atoms with Crippen LogP contribution in [0, 0.1) is 0 Å². The molecule has 0 amide bonds. The highest BCUT2D eigenvalue weighted by atomic mass is 16.6. The van der Waals surface area contributed by atoms with E-state index in [2.05, 4.69) is 36.4 Å². The van der Waals surface area contributed by atoms with Gasteiger partial charge in [0.25, 0.3) is 0 Å². The molecule has 2 atom stereocenters. The monoisotopic (exact) mass is 196 g/mol. The molecule has 74 valence electrons. The molecule has 1 aliphatic carbocycles. The number of epoxide rings is 1. The van der Waals surface area contributed by atoms with E-state index in [0.29, 0.717) is 12.2 Å². The van der Waals surface area contributed by atoms with Crippen LogP contribution in [0.4, 0.5) is 0 Å². The molecule has 0 radical (unpaired) electrons. The van der Waals surface area contributed by atoms with Crippen LogP contribution in [0.5, 0.6) is 0 Å². The Morgan fingerprint density at radius 1 is 0.867 bits per heavy atom. The second kappa shape index (κ2) is 2.61. The molecule has 2 aliphatic rings. The Morgan fingerprint density at radius 3 is 1.93 bits per heavy atom. The number of ether oxygens (including phenoxy) is 1. The Kier molecular flexibility index (Phi) is 1.37. The molecule has 1 heteroatoms. The zero-order valence-corrected chi connectivity index (χ0v) is 8.44. The Balaban J connectivity index is 1.97. The van der Waals surface area contributed by atoms with Gasteiger partial charge in [-0.15, -0.1) is 0 Å². The summed E-state index contributed by atoms with van der Waals surface area (Å²) in [6, 6.07) is 13.3. The third-order valence-electron chi connectivity index (χ3n) is 3.60. The molecule has 2 aromatic rings. The fourth-order valence-corrected chi connectivity index (χ4v) is 2.69. The number of rotatable bonds is 0. The van der Waals surface area contributed by atoms with Crippen molar-refractivity contribution in [1.29, 1.82) is 0 Å². The summed E-state index contributed by atoms with van der Waals surface area (Å²) in [7, 11) is 0. The maximum atomic E-state index is 5.59. The van der Waals surface area contributed by atoms with Gasteiger partial charge in [-0.05, 0) is 21.9 Å². The normalized spacial score (nSPS) is 27.2. The molecule has 0 bridgehead atoms. The van der Waals surface area contributed by atoms with Crippen molar-refractivity contribution in [1.82, 2.24) is 0 Å². The molecule has 0 unspecified atom stereocenters. The lowest BCUT2D eigenvalue weighted by Gasteiger charge is -2.13. The summed E-state index contributed by atoms with van der Waals surface area (Å²) in [4.78, 5) is 0. The first-order valence-electron chi connectivity index (χ1n) is 5.56. The van der Waals surface area contributed by atoms with E-state index in [0.717, 1.165) is 12.8 Å². The van der Waals surface area contributed by atoms with Crippen molar-refractivity contribution < 1.29 is 4.74 Å². The van der Waals surface area contributed by atoms with Crippen LogP contribution in [0.3, 0.4) is 0 Å². The highest BCUT2D eigenvalue weighted by molar-refractivity contribution is 5.84. The van der Waals surface area contributed by atoms with E-state index >= 15 is 0 Å². The zero-order chi connectivity index (χ0) is 9.83. The molecule has 0 aromatic heterocycles. The summed E-state index contributed by atoms with van der Waals surface area (Å²) in [5.74, 6) is 0. The van der Waals surface area contributed by atoms with Gasteiger partial charge in [-0.1, -0.05) is 36.4 Å². The van der Waals surface area contributed by atoms with Gasteiger partial charge in [0.15, 0.2) is 0 Å². The molecule has 1 aliphatic heterocycles. The first-order chi connectivity index (χ1) is 7.40. The van der Waals surface area contributed by atoms with Gasteiger partial charge in [0.1, 0.15) is 0 Å². The summed E-state index contributed by atoms with van der Waals surface area (Å²) < 4.78 is 5.59. The lowest BCUT2D eigenvalue weighted by molar-refractivity contribution is 0.375. The number of hydrogen-bond acceptors (Lipinski definition) is 1. The molecule has 1 nitrogen and oxygen atoms in total. The third-order valence-corrected chi connectivity index (χ3v) is 3.60. The SMILES string of the molecule is c1ccc2cc3c(cc2c1)C[C@H]1O[C@@H]1C3.